The highest BCUT2D eigenvalue weighted by molar-refractivity contribution is 6.24. The SMILES string of the molecule is CC1(C)c2cc3oc4cc(N(c5ccccc5)c5ccccc5)c5ccccc5c4c3cc2-c2c1cc(N(c1ccccc1)c1ccccc1)c1ccccc21. The summed E-state index contributed by atoms with van der Waals surface area (Å²) in [7, 11) is 0. The first kappa shape index (κ1) is 32.3. The van der Waals surface area contributed by atoms with Gasteiger partial charge in [0.25, 0.3) is 0 Å². The number of fused-ring (bicyclic) bond motifs is 10. The van der Waals surface area contributed by atoms with Gasteiger partial charge in [-0.15, -0.1) is 0 Å². The van der Waals surface area contributed by atoms with Gasteiger partial charge in [-0.05, 0) is 99.8 Å². The molecule has 1 aromatic heterocycles. The van der Waals surface area contributed by atoms with Crippen molar-refractivity contribution in [2.45, 2.75) is 19.3 Å². The highest BCUT2D eigenvalue weighted by atomic mass is 16.3. The first-order chi connectivity index (χ1) is 27.6. The summed E-state index contributed by atoms with van der Waals surface area (Å²) in [4.78, 5) is 4.74. The van der Waals surface area contributed by atoms with Crippen molar-refractivity contribution in [1.29, 1.82) is 0 Å². The highest BCUT2D eigenvalue weighted by Gasteiger charge is 2.39. The molecule has 0 atom stereocenters. The Labute approximate surface area is 326 Å². The molecule has 0 N–H and O–H groups in total. The third-order valence-electron chi connectivity index (χ3n) is 11.8. The molecule has 266 valence electrons. The largest absolute Gasteiger partial charge is 0.456 e. The Kier molecular flexibility index (Phi) is 7.20. The minimum absolute atomic E-state index is 0.277. The van der Waals surface area contributed by atoms with Gasteiger partial charge in [0, 0.05) is 55.8 Å². The van der Waals surface area contributed by atoms with Crippen LogP contribution in [0.5, 0.6) is 0 Å². The minimum atomic E-state index is -0.277. The predicted octanol–water partition coefficient (Wildman–Crippen LogP) is 15.1. The van der Waals surface area contributed by atoms with E-state index in [4.69, 9.17) is 4.42 Å². The van der Waals surface area contributed by atoms with Crippen LogP contribution in [-0.2, 0) is 5.41 Å². The molecule has 0 unspecified atom stereocenters. The van der Waals surface area contributed by atoms with Crippen LogP contribution in [0.25, 0.3) is 54.6 Å². The molecular formula is C53H38N2O. The summed E-state index contributed by atoms with van der Waals surface area (Å²) >= 11 is 0. The normalized spacial score (nSPS) is 13.0. The van der Waals surface area contributed by atoms with E-state index in [2.05, 4.69) is 218 Å². The van der Waals surface area contributed by atoms with Gasteiger partial charge in [0.2, 0.25) is 0 Å². The Bertz CT molecular complexity index is 3020. The summed E-state index contributed by atoms with van der Waals surface area (Å²) in [5, 5.41) is 7.11. The monoisotopic (exact) mass is 718 g/mol. The molecule has 56 heavy (non-hydrogen) atoms. The maximum absolute atomic E-state index is 6.97. The number of hydrogen-bond acceptors (Lipinski definition) is 3. The maximum Gasteiger partial charge on any atom is 0.138 e. The van der Waals surface area contributed by atoms with Crippen molar-refractivity contribution in [3.8, 4) is 11.1 Å². The van der Waals surface area contributed by atoms with Crippen molar-refractivity contribution in [3.63, 3.8) is 0 Å². The number of rotatable bonds is 6. The van der Waals surface area contributed by atoms with Crippen LogP contribution in [0.4, 0.5) is 34.1 Å². The molecule has 0 amide bonds. The molecule has 10 aromatic rings. The molecule has 0 saturated heterocycles. The number of anilines is 6. The lowest BCUT2D eigenvalue weighted by Gasteiger charge is -2.29. The van der Waals surface area contributed by atoms with E-state index in [0.717, 1.165) is 50.4 Å². The van der Waals surface area contributed by atoms with Crippen molar-refractivity contribution in [1.82, 2.24) is 0 Å². The molecule has 3 nitrogen and oxygen atoms in total. The van der Waals surface area contributed by atoms with E-state index in [-0.39, 0.29) is 5.41 Å². The van der Waals surface area contributed by atoms with Crippen LogP contribution in [0.15, 0.2) is 199 Å². The summed E-state index contributed by atoms with van der Waals surface area (Å²) in [6.07, 6.45) is 0. The van der Waals surface area contributed by atoms with Crippen LogP contribution in [0.2, 0.25) is 0 Å². The molecule has 0 bridgehead atoms. The molecule has 1 heterocycles. The average Bonchev–Trinajstić information content (AvgIpc) is 3.72. The Hall–Kier alpha value is -7.10. The molecule has 0 saturated carbocycles. The summed E-state index contributed by atoms with van der Waals surface area (Å²) in [5.74, 6) is 0. The Morgan fingerprint density at radius 2 is 0.804 bits per heavy atom. The smallest absolute Gasteiger partial charge is 0.138 e. The van der Waals surface area contributed by atoms with Crippen LogP contribution in [0.3, 0.4) is 0 Å². The molecule has 9 aromatic carbocycles. The Morgan fingerprint density at radius 1 is 0.375 bits per heavy atom. The van der Waals surface area contributed by atoms with Gasteiger partial charge >= 0.3 is 0 Å². The van der Waals surface area contributed by atoms with Crippen molar-refractivity contribution >= 4 is 77.6 Å². The van der Waals surface area contributed by atoms with Gasteiger partial charge in [-0.3, -0.25) is 0 Å². The first-order valence-electron chi connectivity index (χ1n) is 19.4. The standard InChI is InChI=1S/C53H38N2O/c1-53(2)45-33-49-44(52-42-30-18-16-28-40(42)48(34-50(52)56-49)55(37-23-11-5-12-24-37)38-25-13-6-14-26-38)31-43(45)51-41-29-17-15-27-39(41)47(32-46(51)53)54(35-19-7-3-8-20-35)36-21-9-4-10-22-36/h3-34H,1-2H3. The van der Waals surface area contributed by atoms with Crippen LogP contribution in [-0.4, -0.2) is 0 Å². The third-order valence-corrected chi connectivity index (χ3v) is 11.8. The molecule has 11 rings (SSSR count). The van der Waals surface area contributed by atoms with Gasteiger partial charge in [-0.1, -0.05) is 135 Å². The van der Waals surface area contributed by atoms with Crippen LogP contribution in [0.1, 0.15) is 25.0 Å². The minimum Gasteiger partial charge on any atom is -0.456 e. The van der Waals surface area contributed by atoms with Gasteiger partial charge in [0.05, 0.1) is 11.4 Å². The fraction of sp³-hybridized carbons (Fsp3) is 0.0566. The van der Waals surface area contributed by atoms with Crippen molar-refractivity contribution < 1.29 is 4.42 Å². The van der Waals surface area contributed by atoms with E-state index in [1.54, 1.807) is 0 Å². The molecule has 0 aliphatic heterocycles. The van der Waals surface area contributed by atoms with Crippen LogP contribution in [0, 0.1) is 0 Å². The second-order valence-corrected chi connectivity index (χ2v) is 15.3. The highest BCUT2D eigenvalue weighted by Crippen LogP contribution is 2.56. The number of benzene rings is 9. The zero-order valence-electron chi connectivity index (χ0n) is 31.3. The third kappa shape index (κ3) is 4.84. The molecule has 3 heteroatoms. The number of hydrogen-bond donors (Lipinski definition) is 0. The van der Waals surface area contributed by atoms with Crippen molar-refractivity contribution in [2.24, 2.45) is 0 Å². The summed E-state index contributed by atoms with van der Waals surface area (Å²) in [6.45, 7) is 4.73. The molecule has 0 fully saturated rings. The fourth-order valence-corrected chi connectivity index (χ4v) is 9.21. The van der Waals surface area contributed by atoms with Gasteiger partial charge in [0.1, 0.15) is 11.2 Å². The molecule has 1 aliphatic carbocycles. The lowest BCUT2D eigenvalue weighted by Crippen LogP contribution is -2.17. The number of para-hydroxylation sites is 4. The second kappa shape index (κ2) is 12.5. The predicted molar refractivity (Wildman–Crippen MR) is 236 cm³/mol. The quantitative estimate of drug-likeness (QED) is 0.171. The van der Waals surface area contributed by atoms with E-state index in [0.29, 0.717) is 0 Å². The van der Waals surface area contributed by atoms with E-state index in [1.165, 1.54) is 49.5 Å². The van der Waals surface area contributed by atoms with E-state index in [1.807, 2.05) is 0 Å². The van der Waals surface area contributed by atoms with Gasteiger partial charge in [-0.25, -0.2) is 0 Å². The van der Waals surface area contributed by atoms with Gasteiger partial charge in [0.15, 0.2) is 0 Å². The topological polar surface area (TPSA) is 19.6 Å². The summed E-state index contributed by atoms with van der Waals surface area (Å²) in [5.41, 5.74) is 13.4. The van der Waals surface area contributed by atoms with E-state index >= 15 is 0 Å². The fourth-order valence-electron chi connectivity index (χ4n) is 9.21. The van der Waals surface area contributed by atoms with E-state index < -0.39 is 0 Å². The zero-order valence-corrected chi connectivity index (χ0v) is 31.3. The van der Waals surface area contributed by atoms with Crippen LogP contribution >= 0.6 is 0 Å². The van der Waals surface area contributed by atoms with Gasteiger partial charge in [-0.2, -0.15) is 0 Å². The lowest BCUT2D eigenvalue weighted by molar-refractivity contribution is 0.647. The van der Waals surface area contributed by atoms with Crippen molar-refractivity contribution in [3.05, 3.63) is 205 Å². The Balaban J connectivity index is 1.17. The van der Waals surface area contributed by atoms with Crippen LogP contribution < -0.4 is 9.80 Å². The van der Waals surface area contributed by atoms with Crippen molar-refractivity contribution in [2.75, 3.05) is 9.80 Å². The maximum atomic E-state index is 6.97. The lowest BCUT2D eigenvalue weighted by atomic mass is 9.81. The summed E-state index contributed by atoms with van der Waals surface area (Å²) in [6, 6.07) is 69.8. The van der Waals surface area contributed by atoms with E-state index in [9.17, 15) is 0 Å². The molecule has 0 radical (unpaired) electrons. The average molecular weight is 719 g/mol. The van der Waals surface area contributed by atoms with Gasteiger partial charge < -0.3 is 14.2 Å². The molecular weight excluding hydrogens is 681 g/mol. The first-order valence-corrected chi connectivity index (χ1v) is 19.4. The summed E-state index contributed by atoms with van der Waals surface area (Å²) < 4.78 is 6.97. The number of furan rings is 1. The zero-order chi connectivity index (χ0) is 37.4. The number of nitrogens with zero attached hydrogens (tertiary/aromatic N) is 2. The molecule has 0 spiro atoms. The molecule has 1 aliphatic rings. The second-order valence-electron chi connectivity index (χ2n) is 15.3. The Morgan fingerprint density at radius 3 is 1.32 bits per heavy atom.